The summed E-state index contributed by atoms with van der Waals surface area (Å²) in [5.74, 6) is 0. The summed E-state index contributed by atoms with van der Waals surface area (Å²) in [4.78, 5) is 0. The lowest BCUT2D eigenvalue weighted by atomic mass is 10.2. The molecule has 0 aromatic heterocycles. The molecule has 0 heterocycles. The number of allylic oxidation sites excluding steroid dienone is 1. The topological polar surface area (TPSA) is 24.1 Å². The molecule has 2 N–H and O–H groups in total. The van der Waals surface area contributed by atoms with Crippen molar-refractivity contribution >= 4 is 0 Å². The van der Waals surface area contributed by atoms with E-state index in [1.54, 1.807) is 0 Å². The molecule has 0 atom stereocenters. The van der Waals surface area contributed by atoms with Crippen LogP contribution in [0.15, 0.2) is 72.6 Å². The van der Waals surface area contributed by atoms with Gasteiger partial charge in [0, 0.05) is 25.0 Å². The summed E-state index contributed by atoms with van der Waals surface area (Å²) in [6.07, 6.45) is 2.02. The molecule has 2 heteroatoms. The molecule has 0 unspecified atom stereocenters. The standard InChI is InChI=1S/C17H20N2/c1-15(19-14-17-10-6-3-7-11-17)12-18-13-16-8-4-2-5-9-16/h2-12,18-19H,13-14H2,1H3. The first-order valence-electron chi connectivity index (χ1n) is 6.56. The third-order valence-corrected chi connectivity index (χ3v) is 2.88. The van der Waals surface area contributed by atoms with E-state index >= 15 is 0 Å². The molecule has 0 spiro atoms. The minimum atomic E-state index is 0.852. The zero-order valence-electron chi connectivity index (χ0n) is 11.3. The van der Waals surface area contributed by atoms with Gasteiger partial charge in [0.15, 0.2) is 0 Å². The number of hydrogen-bond donors (Lipinski definition) is 2. The first kappa shape index (κ1) is 13.2. The fraction of sp³-hybridized carbons (Fsp3) is 0.176. The molecule has 0 fully saturated rings. The quantitative estimate of drug-likeness (QED) is 0.823. The summed E-state index contributed by atoms with van der Waals surface area (Å²) >= 11 is 0. The molecule has 0 radical (unpaired) electrons. The van der Waals surface area contributed by atoms with Gasteiger partial charge in [-0.15, -0.1) is 0 Å². The molecule has 0 saturated carbocycles. The Bertz CT molecular complexity index is 503. The van der Waals surface area contributed by atoms with Gasteiger partial charge in [-0.05, 0) is 18.1 Å². The van der Waals surface area contributed by atoms with Crippen molar-refractivity contribution in [2.45, 2.75) is 20.0 Å². The van der Waals surface area contributed by atoms with E-state index in [1.165, 1.54) is 11.1 Å². The van der Waals surface area contributed by atoms with E-state index in [4.69, 9.17) is 0 Å². The zero-order valence-corrected chi connectivity index (χ0v) is 11.3. The van der Waals surface area contributed by atoms with Crippen molar-refractivity contribution in [3.8, 4) is 0 Å². The van der Waals surface area contributed by atoms with Gasteiger partial charge in [-0.25, -0.2) is 0 Å². The number of nitrogens with one attached hydrogen (secondary N) is 2. The van der Waals surface area contributed by atoms with Crippen molar-refractivity contribution in [3.63, 3.8) is 0 Å². The first-order valence-corrected chi connectivity index (χ1v) is 6.56. The molecule has 98 valence electrons. The predicted octanol–water partition coefficient (Wildman–Crippen LogP) is 3.43. The van der Waals surface area contributed by atoms with Crippen LogP contribution in [0.4, 0.5) is 0 Å². The van der Waals surface area contributed by atoms with E-state index in [0.29, 0.717) is 0 Å². The smallest absolute Gasteiger partial charge is 0.0398 e. The maximum atomic E-state index is 3.38. The van der Waals surface area contributed by atoms with E-state index in [2.05, 4.69) is 66.1 Å². The number of hydrogen-bond acceptors (Lipinski definition) is 2. The van der Waals surface area contributed by atoms with Crippen molar-refractivity contribution < 1.29 is 0 Å². The average Bonchev–Trinajstić information content (AvgIpc) is 2.47. The number of benzene rings is 2. The molecule has 0 aliphatic carbocycles. The Morgan fingerprint density at radius 3 is 1.95 bits per heavy atom. The monoisotopic (exact) mass is 252 g/mol. The summed E-state index contributed by atoms with van der Waals surface area (Å²) in [6, 6.07) is 20.8. The van der Waals surface area contributed by atoms with E-state index < -0.39 is 0 Å². The van der Waals surface area contributed by atoms with Crippen LogP contribution in [0.1, 0.15) is 18.1 Å². The van der Waals surface area contributed by atoms with Gasteiger partial charge in [-0.3, -0.25) is 0 Å². The van der Waals surface area contributed by atoms with Gasteiger partial charge in [0.25, 0.3) is 0 Å². The van der Waals surface area contributed by atoms with Crippen molar-refractivity contribution in [3.05, 3.63) is 83.7 Å². The van der Waals surface area contributed by atoms with E-state index in [-0.39, 0.29) is 0 Å². The molecule has 2 nitrogen and oxygen atoms in total. The van der Waals surface area contributed by atoms with Crippen LogP contribution < -0.4 is 10.6 Å². The molecule has 2 aromatic carbocycles. The van der Waals surface area contributed by atoms with E-state index in [0.717, 1.165) is 18.8 Å². The predicted molar refractivity (Wildman–Crippen MR) is 80.3 cm³/mol. The van der Waals surface area contributed by atoms with Crippen LogP contribution in [0.5, 0.6) is 0 Å². The summed E-state index contributed by atoms with van der Waals surface area (Å²) in [7, 11) is 0. The normalized spacial score (nSPS) is 11.1. The molecule has 0 aliphatic rings. The largest absolute Gasteiger partial charge is 0.385 e. The minimum absolute atomic E-state index is 0.852. The SMILES string of the molecule is CC(=CNCc1ccccc1)NCc1ccccc1. The second-order valence-electron chi connectivity index (χ2n) is 4.53. The van der Waals surface area contributed by atoms with E-state index in [1.807, 2.05) is 18.3 Å². The summed E-state index contributed by atoms with van der Waals surface area (Å²) in [5, 5.41) is 6.70. The third kappa shape index (κ3) is 4.88. The Labute approximate surface area is 115 Å². The average molecular weight is 252 g/mol. The van der Waals surface area contributed by atoms with Crippen LogP contribution in [0.2, 0.25) is 0 Å². The van der Waals surface area contributed by atoms with Crippen molar-refractivity contribution in [1.29, 1.82) is 0 Å². The summed E-state index contributed by atoms with van der Waals surface area (Å²) in [5.41, 5.74) is 3.72. The van der Waals surface area contributed by atoms with Gasteiger partial charge in [0.05, 0.1) is 0 Å². The molecule has 2 rings (SSSR count). The maximum absolute atomic E-state index is 3.38. The molecule has 0 aliphatic heterocycles. The molecule has 2 aromatic rings. The highest BCUT2D eigenvalue weighted by molar-refractivity contribution is 5.16. The van der Waals surface area contributed by atoms with Crippen molar-refractivity contribution in [1.82, 2.24) is 10.6 Å². The van der Waals surface area contributed by atoms with Crippen LogP contribution >= 0.6 is 0 Å². The van der Waals surface area contributed by atoms with Gasteiger partial charge in [-0.2, -0.15) is 0 Å². The molecular formula is C17H20N2. The van der Waals surface area contributed by atoms with Gasteiger partial charge in [0.1, 0.15) is 0 Å². The molecule has 0 amide bonds. The highest BCUT2D eigenvalue weighted by Crippen LogP contribution is 2.00. The first-order chi connectivity index (χ1) is 9.34. The Morgan fingerprint density at radius 2 is 1.37 bits per heavy atom. The summed E-state index contributed by atoms with van der Waals surface area (Å²) in [6.45, 7) is 3.78. The van der Waals surface area contributed by atoms with Gasteiger partial charge >= 0.3 is 0 Å². The highest BCUT2D eigenvalue weighted by Gasteiger charge is 1.92. The third-order valence-electron chi connectivity index (χ3n) is 2.88. The fourth-order valence-corrected chi connectivity index (χ4v) is 1.81. The lowest BCUT2D eigenvalue weighted by Gasteiger charge is -2.08. The Hall–Kier alpha value is -2.22. The second-order valence-corrected chi connectivity index (χ2v) is 4.53. The second kappa shape index (κ2) is 7.27. The van der Waals surface area contributed by atoms with Crippen LogP contribution in [-0.2, 0) is 13.1 Å². The molecule has 0 bridgehead atoms. The van der Waals surface area contributed by atoms with Gasteiger partial charge < -0.3 is 10.6 Å². The Kier molecular flexibility index (Phi) is 5.06. The fourth-order valence-electron chi connectivity index (χ4n) is 1.81. The van der Waals surface area contributed by atoms with Gasteiger partial charge in [0.2, 0.25) is 0 Å². The lowest BCUT2D eigenvalue weighted by molar-refractivity contribution is 0.777. The molecular weight excluding hydrogens is 232 g/mol. The van der Waals surface area contributed by atoms with Crippen LogP contribution in [0.25, 0.3) is 0 Å². The van der Waals surface area contributed by atoms with Crippen LogP contribution in [0, 0.1) is 0 Å². The zero-order chi connectivity index (χ0) is 13.3. The Balaban J connectivity index is 1.74. The lowest BCUT2D eigenvalue weighted by Crippen LogP contribution is -2.14. The number of rotatable bonds is 6. The van der Waals surface area contributed by atoms with Gasteiger partial charge in [-0.1, -0.05) is 60.7 Å². The van der Waals surface area contributed by atoms with E-state index in [9.17, 15) is 0 Å². The maximum Gasteiger partial charge on any atom is 0.0398 e. The van der Waals surface area contributed by atoms with Crippen LogP contribution in [-0.4, -0.2) is 0 Å². The minimum Gasteiger partial charge on any atom is -0.385 e. The molecule has 0 saturated heterocycles. The summed E-state index contributed by atoms with van der Waals surface area (Å²) < 4.78 is 0. The van der Waals surface area contributed by atoms with Crippen molar-refractivity contribution in [2.75, 3.05) is 0 Å². The molecule has 19 heavy (non-hydrogen) atoms. The van der Waals surface area contributed by atoms with Crippen molar-refractivity contribution in [2.24, 2.45) is 0 Å². The van der Waals surface area contributed by atoms with Crippen LogP contribution in [0.3, 0.4) is 0 Å². The Morgan fingerprint density at radius 1 is 0.842 bits per heavy atom. The highest BCUT2D eigenvalue weighted by atomic mass is 14.9.